The fourth-order valence-electron chi connectivity index (χ4n) is 2.01. The third-order valence-electron chi connectivity index (χ3n) is 3.46. The Bertz CT molecular complexity index is 658. The Labute approximate surface area is 153 Å². The number of nitrogens with zero attached hydrogens (tertiary/aromatic N) is 1. The molecule has 0 bridgehead atoms. The van der Waals surface area contributed by atoms with Gasteiger partial charge >= 0.3 is 0 Å². The lowest BCUT2D eigenvalue weighted by Crippen LogP contribution is -2.31. The summed E-state index contributed by atoms with van der Waals surface area (Å²) in [5, 5.41) is 2.48. The Hall–Kier alpha value is -2.28. The molecule has 0 saturated heterocycles. The second-order valence-electron chi connectivity index (χ2n) is 6.58. The lowest BCUT2D eigenvalue weighted by atomic mass is 10.1. The lowest BCUT2D eigenvalue weighted by molar-refractivity contribution is -0.125. The monoisotopic (exact) mass is 368 g/mol. The molecule has 0 radical (unpaired) electrons. The van der Waals surface area contributed by atoms with Crippen molar-refractivity contribution < 1.29 is 23.1 Å². The number of Topliss-reactive ketones (excluding diaryl/α,β-unsaturated/α-hetero) is 1. The summed E-state index contributed by atoms with van der Waals surface area (Å²) in [6.07, 6.45) is 2.21. The van der Waals surface area contributed by atoms with E-state index >= 15 is 0 Å². The summed E-state index contributed by atoms with van der Waals surface area (Å²) in [4.78, 5) is 26.2. The van der Waals surface area contributed by atoms with Crippen molar-refractivity contribution in [3.8, 4) is 0 Å². The van der Waals surface area contributed by atoms with E-state index in [9.17, 15) is 18.4 Å². The Kier molecular flexibility index (Phi) is 8.92. The number of hydrogen-bond acceptors (Lipinski definition) is 4. The smallest absolute Gasteiger partial charge is 0.256 e. The highest BCUT2D eigenvalue weighted by atomic mass is 19.1. The van der Waals surface area contributed by atoms with Gasteiger partial charge in [0, 0.05) is 45.1 Å². The average molecular weight is 368 g/mol. The van der Waals surface area contributed by atoms with Crippen LogP contribution in [0, 0.1) is 17.6 Å². The van der Waals surface area contributed by atoms with Gasteiger partial charge in [0.1, 0.15) is 23.8 Å². The maximum atomic E-state index is 13.6. The van der Waals surface area contributed by atoms with Gasteiger partial charge in [-0.25, -0.2) is 8.78 Å². The molecule has 0 atom stereocenters. The van der Waals surface area contributed by atoms with E-state index in [1.807, 2.05) is 13.8 Å². The summed E-state index contributed by atoms with van der Waals surface area (Å²) < 4.78 is 31.9. The number of carbonyl (C=O) groups excluding carboxylic acids is 2. The van der Waals surface area contributed by atoms with E-state index in [1.54, 1.807) is 19.0 Å². The third kappa shape index (κ3) is 7.74. The van der Waals surface area contributed by atoms with Gasteiger partial charge in [-0.3, -0.25) is 9.59 Å². The molecule has 0 aliphatic heterocycles. The molecule has 0 aliphatic carbocycles. The zero-order valence-corrected chi connectivity index (χ0v) is 15.6. The minimum absolute atomic E-state index is 0.0814. The number of nitrogens with one attached hydrogen (secondary N) is 1. The van der Waals surface area contributed by atoms with Crippen LogP contribution in [0.1, 0.15) is 25.8 Å². The average Bonchev–Trinajstić information content (AvgIpc) is 2.55. The van der Waals surface area contributed by atoms with E-state index in [-0.39, 0.29) is 24.3 Å². The quantitative estimate of drug-likeness (QED) is 0.299. The highest BCUT2D eigenvalue weighted by Gasteiger charge is 2.19. The maximum absolute atomic E-state index is 13.6. The SMILES string of the molecule is CC(C)CCOCC(=O)/C(=C\N(C)C)C(=O)NCc1ccc(F)cc1F. The number of benzene rings is 1. The Balaban J connectivity index is 2.69. The topological polar surface area (TPSA) is 58.6 Å². The minimum atomic E-state index is -0.758. The van der Waals surface area contributed by atoms with Crippen molar-refractivity contribution in [2.45, 2.75) is 26.8 Å². The normalized spacial score (nSPS) is 11.6. The molecular formula is C19H26F2N2O3. The summed E-state index contributed by atoms with van der Waals surface area (Å²) >= 11 is 0. The van der Waals surface area contributed by atoms with Crippen LogP contribution in [0.15, 0.2) is 30.0 Å². The van der Waals surface area contributed by atoms with Crippen LogP contribution < -0.4 is 5.32 Å². The number of rotatable bonds is 10. The highest BCUT2D eigenvalue weighted by Crippen LogP contribution is 2.10. The van der Waals surface area contributed by atoms with Crippen LogP contribution in [0.2, 0.25) is 0 Å². The number of ketones is 1. The van der Waals surface area contributed by atoms with E-state index in [0.717, 1.165) is 18.6 Å². The Morgan fingerprint density at radius 3 is 2.54 bits per heavy atom. The summed E-state index contributed by atoms with van der Waals surface area (Å²) in [5.74, 6) is -2.10. The van der Waals surface area contributed by atoms with E-state index in [4.69, 9.17) is 4.74 Å². The van der Waals surface area contributed by atoms with Crippen LogP contribution in [-0.2, 0) is 20.9 Å². The van der Waals surface area contributed by atoms with Gasteiger partial charge in [0.05, 0.1) is 0 Å². The van der Waals surface area contributed by atoms with Crippen LogP contribution in [0.25, 0.3) is 0 Å². The van der Waals surface area contributed by atoms with Crippen molar-refractivity contribution in [3.63, 3.8) is 0 Å². The number of amides is 1. The molecule has 1 aromatic rings. The first-order valence-electron chi connectivity index (χ1n) is 8.42. The van der Waals surface area contributed by atoms with Gasteiger partial charge in [-0.05, 0) is 18.4 Å². The van der Waals surface area contributed by atoms with Crippen LogP contribution in [0.5, 0.6) is 0 Å². The largest absolute Gasteiger partial charge is 0.383 e. The van der Waals surface area contributed by atoms with Crippen LogP contribution in [0.4, 0.5) is 8.78 Å². The predicted molar refractivity (Wildman–Crippen MR) is 95.3 cm³/mol. The zero-order valence-electron chi connectivity index (χ0n) is 15.6. The summed E-state index contributed by atoms with van der Waals surface area (Å²) in [5.41, 5.74) is 0.0478. The molecule has 0 unspecified atom stereocenters. The fraction of sp³-hybridized carbons (Fsp3) is 0.474. The molecule has 1 rings (SSSR count). The van der Waals surface area contributed by atoms with E-state index in [2.05, 4.69) is 5.32 Å². The Morgan fingerprint density at radius 1 is 1.27 bits per heavy atom. The number of carbonyl (C=O) groups is 2. The molecule has 0 spiro atoms. The molecule has 0 aromatic heterocycles. The van der Waals surface area contributed by atoms with Gasteiger partial charge in [0.25, 0.3) is 5.91 Å². The molecule has 26 heavy (non-hydrogen) atoms. The molecule has 1 amide bonds. The number of ether oxygens (including phenoxy) is 1. The van der Waals surface area contributed by atoms with E-state index in [0.29, 0.717) is 12.5 Å². The molecule has 0 aliphatic rings. The highest BCUT2D eigenvalue weighted by molar-refractivity contribution is 6.19. The van der Waals surface area contributed by atoms with Crippen molar-refractivity contribution in [3.05, 3.63) is 47.2 Å². The molecule has 0 heterocycles. The molecule has 5 nitrogen and oxygen atoms in total. The van der Waals surface area contributed by atoms with E-state index in [1.165, 1.54) is 12.3 Å². The molecule has 0 fully saturated rings. The molecule has 144 valence electrons. The van der Waals surface area contributed by atoms with Gasteiger partial charge in [-0.2, -0.15) is 0 Å². The van der Waals surface area contributed by atoms with Crippen LogP contribution in [0.3, 0.4) is 0 Å². The lowest BCUT2D eigenvalue weighted by Gasteiger charge is -2.13. The van der Waals surface area contributed by atoms with Gasteiger partial charge in [-0.15, -0.1) is 0 Å². The number of halogens is 2. The van der Waals surface area contributed by atoms with Crippen molar-refractivity contribution in [1.82, 2.24) is 10.2 Å². The van der Waals surface area contributed by atoms with Crippen LogP contribution in [-0.4, -0.2) is 43.9 Å². The second-order valence-corrected chi connectivity index (χ2v) is 6.58. The zero-order chi connectivity index (χ0) is 19.7. The molecule has 1 N–H and O–H groups in total. The first-order chi connectivity index (χ1) is 12.2. The van der Waals surface area contributed by atoms with Crippen molar-refractivity contribution in [2.75, 3.05) is 27.3 Å². The van der Waals surface area contributed by atoms with E-state index < -0.39 is 23.3 Å². The summed E-state index contributed by atoms with van der Waals surface area (Å²) in [7, 11) is 3.36. The molecule has 0 saturated carbocycles. The third-order valence-corrected chi connectivity index (χ3v) is 3.46. The van der Waals surface area contributed by atoms with Gasteiger partial charge in [-0.1, -0.05) is 19.9 Å². The fourth-order valence-corrected chi connectivity index (χ4v) is 2.01. The van der Waals surface area contributed by atoms with Gasteiger partial charge in [0.2, 0.25) is 0 Å². The van der Waals surface area contributed by atoms with Crippen molar-refractivity contribution in [1.29, 1.82) is 0 Å². The standard InChI is InChI=1S/C19H26F2N2O3/c1-13(2)7-8-26-12-18(24)16(11-23(3)4)19(25)22-10-14-5-6-15(20)9-17(14)21/h5-6,9,11,13H,7-8,10,12H2,1-4H3,(H,22,25)/b16-11+. The first kappa shape index (κ1) is 21.8. The summed E-state index contributed by atoms with van der Waals surface area (Å²) in [6, 6.07) is 3.10. The first-order valence-corrected chi connectivity index (χ1v) is 8.42. The molecule has 7 heteroatoms. The molecule has 1 aromatic carbocycles. The maximum Gasteiger partial charge on any atom is 0.256 e. The van der Waals surface area contributed by atoms with Crippen LogP contribution >= 0.6 is 0 Å². The molecular weight excluding hydrogens is 342 g/mol. The van der Waals surface area contributed by atoms with Gasteiger partial charge in [0.15, 0.2) is 5.78 Å². The summed E-state index contributed by atoms with van der Waals surface area (Å²) in [6.45, 7) is 4.16. The second kappa shape index (κ2) is 10.7. The van der Waals surface area contributed by atoms with Crippen molar-refractivity contribution in [2.24, 2.45) is 5.92 Å². The van der Waals surface area contributed by atoms with Crippen molar-refractivity contribution >= 4 is 11.7 Å². The Morgan fingerprint density at radius 2 is 1.96 bits per heavy atom. The number of hydrogen-bond donors (Lipinski definition) is 1. The predicted octanol–water partition coefficient (Wildman–Crippen LogP) is 2.66. The minimum Gasteiger partial charge on any atom is -0.383 e. The van der Waals surface area contributed by atoms with Gasteiger partial charge < -0.3 is 15.0 Å².